The fraction of sp³-hybridized carbons (Fsp3) is 0.517. The summed E-state index contributed by atoms with van der Waals surface area (Å²) in [5, 5.41) is 9.87. The number of fused-ring (bicyclic) bond motifs is 1. The molecule has 0 aromatic heterocycles. The first-order chi connectivity index (χ1) is 18.4. The van der Waals surface area contributed by atoms with Crippen LogP contribution >= 0.6 is 0 Å². The molecule has 9 nitrogen and oxygen atoms in total. The van der Waals surface area contributed by atoms with Crippen LogP contribution in [0.5, 0.6) is 5.75 Å². The van der Waals surface area contributed by atoms with Gasteiger partial charge in [-0.15, -0.1) is 0 Å². The summed E-state index contributed by atoms with van der Waals surface area (Å²) < 4.78 is 35.3. The third-order valence-corrected chi connectivity index (χ3v) is 9.84. The van der Waals surface area contributed by atoms with Gasteiger partial charge in [-0.05, 0) is 55.2 Å². The lowest BCUT2D eigenvalue weighted by Crippen LogP contribution is -2.50. The monoisotopic (exact) mass is 557 g/mol. The van der Waals surface area contributed by atoms with Crippen molar-refractivity contribution in [2.24, 2.45) is 11.8 Å². The molecule has 39 heavy (non-hydrogen) atoms. The molecule has 0 saturated heterocycles. The van der Waals surface area contributed by atoms with Crippen molar-refractivity contribution in [2.75, 3.05) is 40.8 Å². The van der Waals surface area contributed by atoms with Crippen LogP contribution in [-0.4, -0.2) is 92.4 Å². The molecule has 2 aromatic rings. The third kappa shape index (κ3) is 5.97. The quantitative estimate of drug-likeness (QED) is 0.561. The van der Waals surface area contributed by atoms with Crippen molar-refractivity contribution in [2.45, 2.75) is 50.2 Å². The van der Waals surface area contributed by atoms with E-state index in [4.69, 9.17) is 4.74 Å². The Bertz CT molecular complexity index is 1310. The van der Waals surface area contributed by atoms with E-state index in [0.29, 0.717) is 12.1 Å². The van der Waals surface area contributed by atoms with Crippen molar-refractivity contribution in [1.29, 1.82) is 0 Å². The predicted octanol–water partition coefficient (Wildman–Crippen LogP) is 3.08. The molecule has 0 unspecified atom stereocenters. The minimum atomic E-state index is -3.97. The van der Waals surface area contributed by atoms with E-state index < -0.39 is 22.2 Å². The Labute approximate surface area is 231 Å². The average molecular weight is 558 g/mol. The Morgan fingerprint density at radius 2 is 1.72 bits per heavy atom. The fourth-order valence-corrected chi connectivity index (χ4v) is 6.84. The normalized spacial score (nSPS) is 21.9. The smallest absolute Gasteiger partial charge is 0.253 e. The van der Waals surface area contributed by atoms with E-state index in [1.54, 1.807) is 57.2 Å². The molecule has 212 valence electrons. The van der Waals surface area contributed by atoms with E-state index in [1.807, 2.05) is 19.1 Å². The molecule has 10 heteroatoms. The maximum atomic E-state index is 13.8. The number of ether oxygens (including phenoxy) is 1. The Morgan fingerprint density at radius 3 is 2.28 bits per heavy atom. The molecule has 1 N–H and O–H groups in total. The first-order valence-corrected chi connectivity index (χ1v) is 14.9. The largest absolute Gasteiger partial charge is 0.487 e. The van der Waals surface area contributed by atoms with Crippen LogP contribution in [0.4, 0.5) is 0 Å². The highest BCUT2D eigenvalue weighted by Crippen LogP contribution is 2.37. The van der Waals surface area contributed by atoms with E-state index in [2.05, 4.69) is 0 Å². The predicted molar refractivity (Wildman–Crippen MR) is 149 cm³/mol. The maximum Gasteiger partial charge on any atom is 0.253 e. The van der Waals surface area contributed by atoms with Gasteiger partial charge in [0, 0.05) is 51.1 Å². The number of hydrogen-bond donors (Lipinski definition) is 1. The highest BCUT2D eigenvalue weighted by molar-refractivity contribution is 7.89. The summed E-state index contributed by atoms with van der Waals surface area (Å²) in [7, 11) is 1.19. The number of carbonyl (C=O) groups is 2. The van der Waals surface area contributed by atoms with E-state index >= 15 is 0 Å². The fourth-order valence-electron chi connectivity index (χ4n) is 5.01. The molecule has 2 amide bonds. The summed E-state index contributed by atoms with van der Waals surface area (Å²) in [5.41, 5.74) is 2.09. The van der Waals surface area contributed by atoms with Gasteiger partial charge in [-0.1, -0.05) is 31.5 Å². The molecular weight excluding hydrogens is 518 g/mol. The van der Waals surface area contributed by atoms with Crippen LogP contribution in [0.1, 0.15) is 43.5 Å². The highest BCUT2D eigenvalue weighted by atomic mass is 32.2. The van der Waals surface area contributed by atoms with Gasteiger partial charge in [-0.25, -0.2) is 8.42 Å². The molecule has 1 aliphatic carbocycles. The van der Waals surface area contributed by atoms with Gasteiger partial charge in [0.2, 0.25) is 15.9 Å². The number of aliphatic hydroxyl groups is 1. The van der Waals surface area contributed by atoms with Crippen molar-refractivity contribution in [1.82, 2.24) is 14.1 Å². The summed E-state index contributed by atoms with van der Waals surface area (Å²) in [6.45, 7) is 3.75. The first-order valence-electron chi connectivity index (χ1n) is 13.4. The van der Waals surface area contributed by atoms with Gasteiger partial charge >= 0.3 is 0 Å². The van der Waals surface area contributed by atoms with Crippen LogP contribution < -0.4 is 4.74 Å². The average Bonchev–Trinajstić information content (AvgIpc) is 2.88. The molecule has 3 atom stereocenters. The molecule has 1 fully saturated rings. The number of amides is 2. The van der Waals surface area contributed by atoms with E-state index in [9.17, 15) is 23.1 Å². The Hall–Kier alpha value is -2.95. The van der Waals surface area contributed by atoms with Gasteiger partial charge in [-0.3, -0.25) is 9.59 Å². The zero-order chi connectivity index (χ0) is 28.5. The lowest BCUT2D eigenvalue weighted by molar-refractivity contribution is -0.138. The van der Waals surface area contributed by atoms with Crippen LogP contribution in [0.25, 0.3) is 11.1 Å². The summed E-state index contributed by atoms with van der Waals surface area (Å²) in [6, 6.07) is 11.5. The molecule has 0 spiro atoms. The van der Waals surface area contributed by atoms with Gasteiger partial charge in [0.1, 0.15) is 16.7 Å². The number of sulfonamides is 1. The van der Waals surface area contributed by atoms with Crippen LogP contribution in [0, 0.1) is 11.8 Å². The van der Waals surface area contributed by atoms with Crippen molar-refractivity contribution in [3.8, 4) is 16.9 Å². The zero-order valence-corrected chi connectivity index (χ0v) is 24.1. The minimum absolute atomic E-state index is 0.0239. The number of benzene rings is 2. The van der Waals surface area contributed by atoms with E-state index in [1.165, 1.54) is 15.3 Å². The molecular formula is C29H39N3O6S. The molecule has 0 radical (unpaired) electrons. The second kappa shape index (κ2) is 11.7. The number of rotatable bonds is 7. The lowest BCUT2D eigenvalue weighted by Gasteiger charge is -2.38. The number of hydrogen-bond acceptors (Lipinski definition) is 6. The molecule has 1 saturated carbocycles. The second-order valence-electron chi connectivity index (χ2n) is 11.0. The zero-order valence-electron chi connectivity index (χ0n) is 23.3. The summed E-state index contributed by atoms with van der Waals surface area (Å²) in [6.07, 6.45) is 2.40. The van der Waals surface area contributed by atoms with Gasteiger partial charge in [0.15, 0.2) is 0 Å². The van der Waals surface area contributed by atoms with Crippen LogP contribution in [0.3, 0.4) is 0 Å². The molecule has 2 aromatic carbocycles. The topological polar surface area (TPSA) is 107 Å². The third-order valence-electron chi connectivity index (χ3n) is 7.82. The standard InChI is InChI=1S/C29H39N3O6S/c1-19-16-32(20(2)18-33)39(36,37)27-14-13-24(21-9-11-23(12-10-21)28(34)30(3)4)15-25(27)38-26(19)17-31(5)29(35)22-7-6-8-22/h9-15,19-20,22,26,33H,6-8,16-18H2,1-5H3/t19-,20-,26-/m0/s1. The van der Waals surface area contributed by atoms with Crippen LogP contribution in [0.2, 0.25) is 0 Å². The molecule has 2 aliphatic rings. The number of likely N-dealkylation sites (N-methyl/N-ethyl adjacent to an activating group) is 1. The Balaban J connectivity index is 1.72. The second-order valence-corrected chi connectivity index (χ2v) is 12.9. The van der Waals surface area contributed by atoms with E-state index in [-0.39, 0.29) is 47.4 Å². The van der Waals surface area contributed by atoms with Gasteiger partial charge in [0.05, 0.1) is 13.2 Å². The van der Waals surface area contributed by atoms with Gasteiger partial charge in [-0.2, -0.15) is 4.31 Å². The van der Waals surface area contributed by atoms with Crippen LogP contribution in [-0.2, 0) is 14.8 Å². The number of aliphatic hydroxyl groups excluding tert-OH is 1. The summed E-state index contributed by atoms with van der Waals surface area (Å²) in [4.78, 5) is 28.4. The Kier molecular flexibility index (Phi) is 8.68. The van der Waals surface area contributed by atoms with Crippen molar-refractivity contribution >= 4 is 21.8 Å². The summed E-state index contributed by atoms with van der Waals surface area (Å²) in [5.74, 6) is -0.0136. The van der Waals surface area contributed by atoms with E-state index in [0.717, 1.165) is 30.4 Å². The molecule has 1 aliphatic heterocycles. The van der Waals surface area contributed by atoms with Crippen molar-refractivity contribution < 1.29 is 27.9 Å². The Morgan fingerprint density at radius 1 is 1.08 bits per heavy atom. The number of carbonyl (C=O) groups excluding carboxylic acids is 2. The maximum absolute atomic E-state index is 13.8. The summed E-state index contributed by atoms with van der Waals surface area (Å²) >= 11 is 0. The van der Waals surface area contributed by atoms with Crippen LogP contribution in [0.15, 0.2) is 47.4 Å². The SMILES string of the molecule is C[C@H]1CN([C@@H](C)CO)S(=O)(=O)c2ccc(-c3ccc(C(=O)N(C)C)cc3)cc2O[C@H]1CN(C)C(=O)C1CCC1. The van der Waals surface area contributed by atoms with Crippen molar-refractivity contribution in [3.05, 3.63) is 48.0 Å². The van der Waals surface area contributed by atoms with Gasteiger partial charge in [0.25, 0.3) is 5.91 Å². The lowest BCUT2D eigenvalue weighted by atomic mass is 9.84. The highest BCUT2D eigenvalue weighted by Gasteiger charge is 2.39. The molecule has 0 bridgehead atoms. The molecule has 4 rings (SSSR count). The van der Waals surface area contributed by atoms with Crippen molar-refractivity contribution in [3.63, 3.8) is 0 Å². The molecule has 1 heterocycles. The minimum Gasteiger partial charge on any atom is -0.487 e. The number of nitrogens with zero attached hydrogens (tertiary/aromatic N) is 3. The van der Waals surface area contributed by atoms with Gasteiger partial charge < -0.3 is 19.6 Å². The first kappa shape index (κ1) is 29.0.